The number of nitrogens with two attached hydrogens (primary N) is 1. The van der Waals surface area contributed by atoms with Crippen LogP contribution in [-0.4, -0.2) is 12.4 Å². The standard InChI is InChI=1S/C10H12ClNO2/c1-3-14-10-8(12)5-4-7(11)9(10)6(2)13/h4-5H,3,12H2,1-2H3. The Bertz CT molecular complexity index is 363. The molecule has 0 saturated carbocycles. The van der Waals surface area contributed by atoms with Crippen LogP contribution in [0.25, 0.3) is 0 Å². The van der Waals surface area contributed by atoms with Gasteiger partial charge in [0.25, 0.3) is 0 Å². The maximum atomic E-state index is 11.3. The van der Waals surface area contributed by atoms with Gasteiger partial charge >= 0.3 is 0 Å². The van der Waals surface area contributed by atoms with Crippen molar-refractivity contribution in [3.8, 4) is 5.75 Å². The van der Waals surface area contributed by atoms with Crippen molar-refractivity contribution in [1.29, 1.82) is 0 Å². The first-order chi connectivity index (χ1) is 6.57. The van der Waals surface area contributed by atoms with Gasteiger partial charge in [-0.3, -0.25) is 4.79 Å². The van der Waals surface area contributed by atoms with Crippen molar-refractivity contribution in [3.63, 3.8) is 0 Å². The monoisotopic (exact) mass is 213 g/mol. The smallest absolute Gasteiger partial charge is 0.165 e. The summed E-state index contributed by atoms with van der Waals surface area (Å²) in [6.07, 6.45) is 0. The molecule has 0 fully saturated rings. The molecule has 0 aliphatic rings. The fourth-order valence-electron chi connectivity index (χ4n) is 1.20. The van der Waals surface area contributed by atoms with Gasteiger partial charge in [-0.15, -0.1) is 0 Å². The first-order valence-electron chi connectivity index (χ1n) is 4.29. The van der Waals surface area contributed by atoms with E-state index in [9.17, 15) is 4.79 Å². The Morgan fingerprint density at radius 3 is 2.71 bits per heavy atom. The van der Waals surface area contributed by atoms with E-state index >= 15 is 0 Å². The minimum atomic E-state index is -0.147. The molecule has 0 heterocycles. The predicted octanol–water partition coefficient (Wildman–Crippen LogP) is 2.52. The largest absolute Gasteiger partial charge is 0.491 e. The van der Waals surface area contributed by atoms with Crippen LogP contribution in [0.2, 0.25) is 5.02 Å². The van der Waals surface area contributed by atoms with E-state index in [4.69, 9.17) is 22.1 Å². The molecule has 14 heavy (non-hydrogen) atoms. The lowest BCUT2D eigenvalue weighted by atomic mass is 10.1. The van der Waals surface area contributed by atoms with Crippen molar-refractivity contribution < 1.29 is 9.53 Å². The highest BCUT2D eigenvalue weighted by molar-refractivity contribution is 6.34. The normalized spacial score (nSPS) is 9.93. The van der Waals surface area contributed by atoms with Crippen molar-refractivity contribution >= 4 is 23.1 Å². The number of ketones is 1. The van der Waals surface area contributed by atoms with Gasteiger partial charge in [-0.05, 0) is 26.0 Å². The summed E-state index contributed by atoms with van der Waals surface area (Å²) in [5.41, 5.74) is 6.47. The van der Waals surface area contributed by atoms with E-state index in [-0.39, 0.29) is 5.78 Å². The second-order valence-electron chi connectivity index (χ2n) is 2.83. The molecule has 0 bridgehead atoms. The molecule has 1 aromatic rings. The molecule has 0 spiro atoms. The number of carbonyl (C=O) groups excluding carboxylic acids is 1. The molecule has 1 rings (SSSR count). The minimum absolute atomic E-state index is 0.147. The van der Waals surface area contributed by atoms with Gasteiger partial charge in [0.2, 0.25) is 0 Å². The zero-order valence-corrected chi connectivity index (χ0v) is 8.89. The quantitative estimate of drug-likeness (QED) is 0.620. The lowest BCUT2D eigenvalue weighted by molar-refractivity contribution is 0.101. The van der Waals surface area contributed by atoms with E-state index in [0.29, 0.717) is 28.6 Å². The molecule has 0 aliphatic carbocycles. The summed E-state index contributed by atoms with van der Waals surface area (Å²) in [6.45, 7) is 3.71. The second kappa shape index (κ2) is 4.33. The number of rotatable bonds is 3. The average molecular weight is 214 g/mol. The molecule has 0 atom stereocenters. The highest BCUT2D eigenvalue weighted by atomic mass is 35.5. The fourth-order valence-corrected chi connectivity index (χ4v) is 1.48. The number of nitrogen functional groups attached to an aromatic ring is 1. The first kappa shape index (κ1) is 10.9. The number of hydrogen-bond donors (Lipinski definition) is 1. The number of halogens is 1. The summed E-state index contributed by atoms with van der Waals surface area (Å²) >= 11 is 5.88. The van der Waals surface area contributed by atoms with Crippen LogP contribution in [0.15, 0.2) is 12.1 Å². The van der Waals surface area contributed by atoms with E-state index < -0.39 is 0 Å². The number of anilines is 1. The molecule has 4 heteroatoms. The maximum absolute atomic E-state index is 11.3. The summed E-state index contributed by atoms with van der Waals surface area (Å²) in [5.74, 6) is 0.234. The Hall–Kier alpha value is -1.22. The number of Topliss-reactive ketones (excluding diaryl/α,β-unsaturated/α-hetero) is 1. The van der Waals surface area contributed by atoms with Crippen LogP contribution in [0.4, 0.5) is 5.69 Å². The summed E-state index contributed by atoms with van der Waals surface area (Å²) < 4.78 is 5.28. The van der Waals surface area contributed by atoms with Gasteiger partial charge in [-0.25, -0.2) is 0 Å². The van der Waals surface area contributed by atoms with Gasteiger partial charge in [-0.1, -0.05) is 11.6 Å². The topological polar surface area (TPSA) is 52.3 Å². The van der Waals surface area contributed by atoms with Crippen LogP contribution < -0.4 is 10.5 Å². The van der Waals surface area contributed by atoms with E-state index in [1.807, 2.05) is 6.92 Å². The zero-order chi connectivity index (χ0) is 10.7. The molecule has 0 aliphatic heterocycles. The highest BCUT2D eigenvalue weighted by Gasteiger charge is 2.15. The highest BCUT2D eigenvalue weighted by Crippen LogP contribution is 2.32. The molecule has 1 aromatic carbocycles. The SMILES string of the molecule is CCOc1c(N)ccc(Cl)c1C(C)=O. The first-order valence-corrected chi connectivity index (χ1v) is 4.67. The van der Waals surface area contributed by atoms with Crippen LogP contribution in [0, 0.1) is 0 Å². The van der Waals surface area contributed by atoms with Gasteiger partial charge in [0, 0.05) is 0 Å². The molecule has 76 valence electrons. The molecule has 0 unspecified atom stereocenters. The fraction of sp³-hybridized carbons (Fsp3) is 0.300. The van der Waals surface area contributed by atoms with E-state index in [0.717, 1.165) is 0 Å². The summed E-state index contributed by atoms with van der Waals surface area (Å²) in [5, 5.41) is 0.371. The van der Waals surface area contributed by atoms with Gasteiger partial charge in [-0.2, -0.15) is 0 Å². The maximum Gasteiger partial charge on any atom is 0.165 e. The van der Waals surface area contributed by atoms with Crippen LogP contribution in [-0.2, 0) is 0 Å². The van der Waals surface area contributed by atoms with Crippen LogP contribution in [0.3, 0.4) is 0 Å². The van der Waals surface area contributed by atoms with Gasteiger partial charge in [0.15, 0.2) is 11.5 Å². The summed E-state index contributed by atoms with van der Waals surface area (Å²) in [7, 11) is 0. The molecule has 2 N–H and O–H groups in total. The minimum Gasteiger partial charge on any atom is -0.491 e. The van der Waals surface area contributed by atoms with Gasteiger partial charge in [0.1, 0.15) is 0 Å². The third-order valence-corrected chi connectivity index (χ3v) is 2.09. The van der Waals surface area contributed by atoms with Crippen molar-refractivity contribution in [2.75, 3.05) is 12.3 Å². The van der Waals surface area contributed by atoms with Crippen molar-refractivity contribution in [2.45, 2.75) is 13.8 Å². The van der Waals surface area contributed by atoms with Crippen molar-refractivity contribution in [1.82, 2.24) is 0 Å². The molecule has 0 saturated heterocycles. The zero-order valence-electron chi connectivity index (χ0n) is 8.13. The predicted molar refractivity (Wildman–Crippen MR) is 57.0 cm³/mol. The van der Waals surface area contributed by atoms with Crippen molar-refractivity contribution in [3.05, 3.63) is 22.7 Å². The van der Waals surface area contributed by atoms with Crippen LogP contribution >= 0.6 is 11.6 Å². The van der Waals surface area contributed by atoms with Gasteiger partial charge < -0.3 is 10.5 Å². The lowest BCUT2D eigenvalue weighted by Gasteiger charge is -2.11. The second-order valence-corrected chi connectivity index (χ2v) is 3.24. The lowest BCUT2D eigenvalue weighted by Crippen LogP contribution is -2.04. The molecular formula is C10H12ClNO2. The van der Waals surface area contributed by atoms with E-state index in [1.54, 1.807) is 12.1 Å². The van der Waals surface area contributed by atoms with E-state index in [1.165, 1.54) is 6.92 Å². The van der Waals surface area contributed by atoms with Gasteiger partial charge in [0.05, 0.1) is 22.9 Å². The number of carbonyl (C=O) groups is 1. The number of ether oxygens (including phenoxy) is 1. The average Bonchev–Trinajstić information content (AvgIpc) is 2.11. The Balaban J connectivity index is 3.33. The summed E-state index contributed by atoms with van der Waals surface area (Å²) in [4.78, 5) is 11.3. The molecule has 0 radical (unpaired) electrons. The Morgan fingerprint density at radius 2 is 2.21 bits per heavy atom. The van der Waals surface area contributed by atoms with Crippen LogP contribution in [0.1, 0.15) is 24.2 Å². The number of hydrogen-bond acceptors (Lipinski definition) is 3. The Morgan fingerprint density at radius 1 is 1.57 bits per heavy atom. The Labute approximate surface area is 87.8 Å². The molecule has 0 aromatic heterocycles. The van der Waals surface area contributed by atoms with Crippen molar-refractivity contribution in [2.24, 2.45) is 0 Å². The summed E-state index contributed by atoms with van der Waals surface area (Å²) in [6, 6.07) is 3.22. The third-order valence-electron chi connectivity index (χ3n) is 1.78. The number of benzene rings is 1. The third kappa shape index (κ3) is 1.99. The molecule has 0 amide bonds. The van der Waals surface area contributed by atoms with E-state index in [2.05, 4.69) is 0 Å². The molecular weight excluding hydrogens is 202 g/mol. The van der Waals surface area contributed by atoms with Crippen LogP contribution in [0.5, 0.6) is 5.75 Å². The molecule has 3 nitrogen and oxygen atoms in total. The Kier molecular flexibility index (Phi) is 3.36.